The Morgan fingerprint density at radius 1 is 1.45 bits per heavy atom. The first-order valence-corrected chi connectivity index (χ1v) is 11.4. The second-order valence-electron chi connectivity index (χ2n) is 7.15. The van der Waals surface area contributed by atoms with E-state index in [0.717, 1.165) is 17.7 Å². The van der Waals surface area contributed by atoms with Gasteiger partial charge in [-0.25, -0.2) is 13.4 Å². The van der Waals surface area contributed by atoms with Gasteiger partial charge in [-0.2, -0.15) is 9.40 Å². The van der Waals surface area contributed by atoms with Crippen molar-refractivity contribution in [3.05, 3.63) is 34.2 Å². The molecular formula is C18H23BrN4O5S. The van der Waals surface area contributed by atoms with Crippen molar-refractivity contribution in [3.63, 3.8) is 0 Å². The highest BCUT2D eigenvalue weighted by Crippen LogP contribution is 2.37. The second kappa shape index (κ2) is 8.41. The number of carboxylic acid groups (broad SMARTS) is 1. The molecule has 1 aliphatic carbocycles. The highest BCUT2D eigenvalue weighted by atomic mass is 79.9. The number of sulfonamides is 1. The number of rotatable bonds is 7. The maximum absolute atomic E-state index is 13.2. The van der Waals surface area contributed by atoms with E-state index < -0.39 is 22.0 Å². The van der Waals surface area contributed by atoms with Crippen LogP contribution in [0.2, 0.25) is 0 Å². The number of hydrogen-bond donors (Lipinski definition) is 1. The van der Waals surface area contributed by atoms with Gasteiger partial charge in [0.1, 0.15) is 11.4 Å². The van der Waals surface area contributed by atoms with Crippen molar-refractivity contribution in [3.8, 4) is 5.88 Å². The first-order chi connectivity index (χ1) is 13.6. The highest BCUT2D eigenvalue weighted by molar-refractivity contribution is 9.10. The first kappa shape index (κ1) is 21.7. The van der Waals surface area contributed by atoms with Crippen LogP contribution in [0.1, 0.15) is 44.0 Å². The van der Waals surface area contributed by atoms with Crippen LogP contribution in [0.3, 0.4) is 0 Å². The summed E-state index contributed by atoms with van der Waals surface area (Å²) in [4.78, 5) is 15.2. The molecule has 0 aromatic carbocycles. The Kier molecular flexibility index (Phi) is 6.30. The van der Waals surface area contributed by atoms with Gasteiger partial charge in [-0.15, -0.1) is 0 Å². The van der Waals surface area contributed by atoms with Crippen LogP contribution in [0.15, 0.2) is 27.8 Å². The summed E-state index contributed by atoms with van der Waals surface area (Å²) in [7, 11) is -2.31. The van der Waals surface area contributed by atoms with E-state index >= 15 is 0 Å². The molecule has 0 bridgehead atoms. The molecule has 2 heterocycles. The van der Waals surface area contributed by atoms with Gasteiger partial charge in [0, 0.05) is 18.3 Å². The van der Waals surface area contributed by atoms with Crippen molar-refractivity contribution in [2.24, 2.45) is 0 Å². The van der Waals surface area contributed by atoms with Gasteiger partial charge in [0.25, 0.3) is 0 Å². The maximum Gasteiger partial charge on any atom is 0.325 e. The highest BCUT2D eigenvalue weighted by Gasteiger charge is 2.34. The summed E-state index contributed by atoms with van der Waals surface area (Å²) < 4.78 is 35.2. The zero-order valence-electron chi connectivity index (χ0n) is 16.4. The van der Waals surface area contributed by atoms with Crippen LogP contribution in [0.25, 0.3) is 0 Å². The average molecular weight is 487 g/mol. The molecule has 0 amide bonds. The van der Waals surface area contributed by atoms with Crippen molar-refractivity contribution in [2.45, 2.75) is 56.7 Å². The lowest BCUT2D eigenvalue weighted by Crippen LogP contribution is -2.33. The summed E-state index contributed by atoms with van der Waals surface area (Å²) in [5, 5.41) is 13.2. The number of hydrogen-bond acceptors (Lipinski definition) is 6. The van der Waals surface area contributed by atoms with Crippen molar-refractivity contribution in [1.82, 2.24) is 19.1 Å². The summed E-state index contributed by atoms with van der Waals surface area (Å²) in [6, 6.07) is 1.06. The number of halogens is 1. The van der Waals surface area contributed by atoms with Crippen LogP contribution in [-0.4, -0.2) is 51.7 Å². The summed E-state index contributed by atoms with van der Waals surface area (Å²) >= 11 is 3.33. The van der Waals surface area contributed by atoms with E-state index in [4.69, 9.17) is 9.84 Å². The van der Waals surface area contributed by atoms with Crippen LogP contribution in [0, 0.1) is 0 Å². The summed E-state index contributed by atoms with van der Waals surface area (Å²) in [6.07, 6.45) is 4.80. The monoisotopic (exact) mass is 486 g/mol. The summed E-state index contributed by atoms with van der Waals surface area (Å²) in [6.45, 7) is 3.47. The molecular weight excluding hydrogens is 464 g/mol. The van der Waals surface area contributed by atoms with Crippen molar-refractivity contribution in [1.29, 1.82) is 0 Å². The number of aliphatic carboxylic acids is 1. The van der Waals surface area contributed by atoms with Crippen LogP contribution < -0.4 is 4.74 Å². The molecule has 2 aromatic rings. The van der Waals surface area contributed by atoms with E-state index in [2.05, 4.69) is 26.0 Å². The Morgan fingerprint density at radius 3 is 2.79 bits per heavy atom. The molecule has 0 saturated heterocycles. The molecule has 29 heavy (non-hydrogen) atoms. The fraction of sp³-hybridized carbons (Fsp3) is 0.500. The molecule has 11 heteroatoms. The standard InChI is InChI=1S/C18H23BrN4O5S/c1-11(2)28-18-14(19)7-12(8-20-18)29(26,27)22(3)15-5-4-6-16-13(15)9-21-23(16)10-17(24)25/h7-9,11,15H,4-6,10H2,1-3H3,(H,24,25)/t15-/m1/s1. The molecule has 3 rings (SSSR count). The number of aromatic nitrogens is 3. The number of fused-ring (bicyclic) bond motifs is 1. The zero-order valence-corrected chi connectivity index (χ0v) is 18.8. The van der Waals surface area contributed by atoms with Gasteiger partial charge in [0.05, 0.1) is 29.0 Å². The molecule has 0 aliphatic heterocycles. The fourth-order valence-corrected chi connectivity index (χ4v) is 5.36. The van der Waals surface area contributed by atoms with Crippen molar-refractivity contribution < 1.29 is 23.1 Å². The topological polar surface area (TPSA) is 115 Å². The van der Waals surface area contributed by atoms with Crippen molar-refractivity contribution >= 4 is 31.9 Å². The quantitative estimate of drug-likeness (QED) is 0.639. The predicted molar refractivity (Wildman–Crippen MR) is 108 cm³/mol. The predicted octanol–water partition coefficient (Wildman–Crippen LogP) is 2.61. The summed E-state index contributed by atoms with van der Waals surface area (Å²) in [5.41, 5.74) is 1.51. The van der Waals surface area contributed by atoms with E-state index in [1.807, 2.05) is 13.8 Å². The lowest BCUT2D eigenvalue weighted by molar-refractivity contribution is -0.137. The normalized spacial score (nSPS) is 16.8. The lowest BCUT2D eigenvalue weighted by atomic mass is 9.93. The van der Waals surface area contributed by atoms with Gasteiger partial charge in [0.15, 0.2) is 0 Å². The molecule has 0 saturated carbocycles. The van der Waals surface area contributed by atoms with E-state index in [9.17, 15) is 13.2 Å². The number of pyridine rings is 1. The molecule has 0 unspecified atom stereocenters. The Hall–Kier alpha value is -1.98. The van der Waals surface area contributed by atoms with E-state index in [1.54, 1.807) is 6.20 Å². The van der Waals surface area contributed by atoms with Crippen molar-refractivity contribution in [2.75, 3.05) is 7.05 Å². The molecule has 158 valence electrons. The number of carbonyl (C=O) groups is 1. The van der Waals surface area contributed by atoms with Crippen LogP contribution in [-0.2, 0) is 27.8 Å². The third-order valence-corrected chi connectivity index (χ3v) is 7.16. The Bertz CT molecular complexity index is 1020. The van der Waals surface area contributed by atoms with Gasteiger partial charge < -0.3 is 9.84 Å². The van der Waals surface area contributed by atoms with Gasteiger partial charge in [0.2, 0.25) is 15.9 Å². The number of ether oxygens (including phenoxy) is 1. The maximum atomic E-state index is 13.2. The first-order valence-electron chi connectivity index (χ1n) is 9.18. The van der Waals surface area contributed by atoms with E-state index in [0.29, 0.717) is 23.2 Å². The molecule has 1 N–H and O–H groups in total. The van der Waals surface area contributed by atoms with Crippen LogP contribution in [0.5, 0.6) is 5.88 Å². The van der Waals surface area contributed by atoms with E-state index in [-0.39, 0.29) is 17.5 Å². The molecule has 1 aliphatic rings. The van der Waals surface area contributed by atoms with E-state index in [1.165, 1.54) is 28.3 Å². The number of carboxylic acids is 1. The zero-order chi connectivity index (χ0) is 21.3. The Morgan fingerprint density at radius 2 is 2.17 bits per heavy atom. The smallest absolute Gasteiger partial charge is 0.325 e. The largest absolute Gasteiger partial charge is 0.480 e. The molecule has 0 fully saturated rings. The van der Waals surface area contributed by atoms with Gasteiger partial charge in [-0.3, -0.25) is 9.48 Å². The second-order valence-corrected chi connectivity index (χ2v) is 10.0. The number of nitrogens with zero attached hydrogens (tertiary/aromatic N) is 4. The minimum Gasteiger partial charge on any atom is -0.480 e. The third kappa shape index (κ3) is 4.46. The minimum atomic E-state index is -3.83. The van der Waals surface area contributed by atoms with Gasteiger partial charge in [-0.1, -0.05) is 0 Å². The van der Waals surface area contributed by atoms with Gasteiger partial charge >= 0.3 is 5.97 Å². The summed E-state index contributed by atoms with van der Waals surface area (Å²) in [5.74, 6) is -0.657. The van der Waals surface area contributed by atoms with Crippen LogP contribution >= 0.6 is 15.9 Å². The average Bonchev–Trinajstić information content (AvgIpc) is 3.04. The molecule has 2 aromatic heterocycles. The Balaban J connectivity index is 1.91. The molecule has 9 nitrogen and oxygen atoms in total. The third-order valence-electron chi connectivity index (χ3n) is 4.76. The lowest BCUT2D eigenvalue weighted by Gasteiger charge is -2.30. The molecule has 0 spiro atoms. The van der Waals surface area contributed by atoms with Gasteiger partial charge in [-0.05, 0) is 55.1 Å². The van der Waals surface area contributed by atoms with Crippen LogP contribution in [0.4, 0.5) is 0 Å². The minimum absolute atomic E-state index is 0.0491. The molecule has 1 atom stereocenters. The SMILES string of the molecule is CC(C)Oc1ncc(S(=O)(=O)N(C)[C@@H]2CCCc3c2cnn3CC(=O)O)cc1Br. The molecule has 0 radical (unpaired) electrons. The fourth-order valence-electron chi connectivity index (χ4n) is 3.43. The Labute approximate surface area is 177 Å².